The minimum absolute atomic E-state index is 0.0992. The van der Waals surface area contributed by atoms with Crippen LogP contribution in [-0.4, -0.2) is 28.9 Å². The highest BCUT2D eigenvalue weighted by molar-refractivity contribution is 5.94. The minimum atomic E-state index is 0.0992. The standard InChI is InChI=1S/C26H25N3O/c30-26(20-10-14-27-15-11-20)29-16-12-19(13-17-29)22-7-2-1-3-9-24-25(22)23-8-5-4-6-21(23)18-28-24/h1-8,10-11,14-15,28H,9,12-13,16-18H2/b3-1-,7-2-. The Bertz CT molecular complexity index is 1080. The first-order chi connectivity index (χ1) is 14.8. The predicted molar refractivity (Wildman–Crippen MR) is 119 cm³/mol. The van der Waals surface area contributed by atoms with Gasteiger partial charge in [0.05, 0.1) is 0 Å². The summed E-state index contributed by atoms with van der Waals surface area (Å²) in [4.78, 5) is 18.8. The Balaban J connectivity index is 1.47. The summed E-state index contributed by atoms with van der Waals surface area (Å²) in [5.74, 6) is 0.0992. The Morgan fingerprint density at radius 1 is 1.00 bits per heavy atom. The summed E-state index contributed by atoms with van der Waals surface area (Å²) in [5.41, 5.74) is 8.79. The molecule has 4 nitrogen and oxygen atoms in total. The van der Waals surface area contributed by atoms with Crippen LogP contribution in [0.2, 0.25) is 0 Å². The maximum Gasteiger partial charge on any atom is 0.253 e. The van der Waals surface area contributed by atoms with Crippen molar-refractivity contribution in [3.05, 3.63) is 107 Å². The number of nitrogens with zero attached hydrogens (tertiary/aromatic N) is 2. The Morgan fingerprint density at radius 3 is 2.63 bits per heavy atom. The molecule has 1 saturated heterocycles. The molecule has 1 aliphatic carbocycles. The van der Waals surface area contributed by atoms with Crippen LogP contribution in [-0.2, 0) is 6.54 Å². The summed E-state index contributed by atoms with van der Waals surface area (Å²) < 4.78 is 0. The van der Waals surface area contributed by atoms with Gasteiger partial charge in [0.1, 0.15) is 0 Å². The van der Waals surface area contributed by atoms with Crippen molar-refractivity contribution in [1.82, 2.24) is 15.2 Å². The van der Waals surface area contributed by atoms with Crippen molar-refractivity contribution in [2.45, 2.75) is 25.8 Å². The molecule has 30 heavy (non-hydrogen) atoms. The summed E-state index contributed by atoms with van der Waals surface area (Å²) in [6, 6.07) is 12.3. The van der Waals surface area contributed by atoms with Gasteiger partial charge in [-0.3, -0.25) is 9.78 Å². The zero-order chi connectivity index (χ0) is 20.3. The predicted octanol–water partition coefficient (Wildman–Crippen LogP) is 4.64. The van der Waals surface area contributed by atoms with Crippen molar-refractivity contribution in [2.75, 3.05) is 13.1 Å². The first-order valence-corrected chi connectivity index (χ1v) is 10.6. The van der Waals surface area contributed by atoms with E-state index in [2.05, 4.69) is 58.9 Å². The molecule has 0 spiro atoms. The molecule has 0 radical (unpaired) electrons. The van der Waals surface area contributed by atoms with E-state index in [9.17, 15) is 4.79 Å². The van der Waals surface area contributed by atoms with Gasteiger partial charge in [-0.1, -0.05) is 54.1 Å². The quantitative estimate of drug-likeness (QED) is 0.765. The third kappa shape index (κ3) is 3.50. The first-order valence-electron chi connectivity index (χ1n) is 10.6. The second-order valence-electron chi connectivity index (χ2n) is 7.90. The highest BCUT2D eigenvalue weighted by Gasteiger charge is 2.26. The van der Waals surface area contributed by atoms with Crippen LogP contribution in [0.5, 0.6) is 0 Å². The minimum Gasteiger partial charge on any atom is -0.383 e. The number of likely N-dealkylation sites (tertiary alicyclic amines) is 1. The number of nitrogens with one attached hydrogen (secondary N) is 1. The van der Waals surface area contributed by atoms with E-state index in [0.29, 0.717) is 5.56 Å². The molecule has 0 bridgehead atoms. The third-order valence-corrected chi connectivity index (χ3v) is 6.14. The van der Waals surface area contributed by atoms with E-state index in [1.807, 2.05) is 4.90 Å². The van der Waals surface area contributed by atoms with E-state index >= 15 is 0 Å². The van der Waals surface area contributed by atoms with Crippen LogP contribution in [0.4, 0.5) is 0 Å². The van der Waals surface area contributed by atoms with Gasteiger partial charge in [0.15, 0.2) is 0 Å². The number of benzene rings is 1. The lowest BCUT2D eigenvalue weighted by atomic mass is 9.83. The molecule has 2 aromatic rings. The van der Waals surface area contributed by atoms with E-state index < -0.39 is 0 Å². The molecule has 3 heterocycles. The van der Waals surface area contributed by atoms with Gasteiger partial charge >= 0.3 is 0 Å². The average molecular weight is 396 g/mol. The van der Waals surface area contributed by atoms with Crippen LogP contribution < -0.4 is 5.32 Å². The van der Waals surface area contributed by atoms with Crippen molar-refractivity contribution in [3.8, 4) is 0 Å². The fourth-order valence-electron chi connectivity index (χ4n) is 4.57. The molecule has 0 atom stereocenters. The van der Waals surface area contributed by atoms with Crippen molar-refractivity contribution in [3.63, 3.8) is 0 Å². The summed E-state index contributed by atoms with van der Waals surface area (Å²) in [7, 11) is 0. The Morgan fingerprint density at radius 2 is 1.80 bits per heavy atom. The number of amides is 1. The number of aromatic nitrogens is 1. The third-order valence-electron chi connectivity index (χ3n) is 6.14. The Kier molecular flexibility index (Phi) is 5.06. The van der Waals surface area contributed by atoms with E-state index in [4.69, 9.17) is 0 Å². The van der Waals surface area contributed by atoms with Gasteiger partial charge in [0.2, 0.25) is 0 Å². The molecule has 1 fully saturated rings. The average Bonchev–Trinajstić information content (AvgIpc) is 2.80. The number of allylic oxidation sites excluding steroid dienone is 6. The van der Waals surface area contributed by atoms with Crippen molar-refractivity contribution in [1.29, 1.82) is 0 Å². The molecule has 1 amide bonds. The molecule has 0 unspecified atom stereocenters. The van der Waals surface area contributed by atoms with Crippen LogP contribution in [0.25, 0.3) is 5.57 Å². The van der Waals surface area contributed by atoms with Crippen LogP contribution in [0.3, 0.4) is 0 Å². The van der Waals surface area contributed by atoms with Crippen LogP contribution >= 0.6 is 0 Å². The number of carbonyl (C=O) groups is 1. The zero-order valence-corrected chi connectivity index (χ0v) is 17.0. The van der Waals surface area contributed by atoms with Crippen molar-refractivity contribution >= 4 is 11.5 Å². The lowest BCUT2D eigenvalue weighted by Crippen LogP contribution is -2.36. The molecule has 2 aliphatic heterocycles. The number of carbonyl (C=O) groups excluding carboxylic acids is 1. The van der Waals surface area contributed by atoms with Crippen LogP contribution in [0, 0.1) is 0 Å². The van der Waals surface area contributed by atoms with E-state index in [1.54, 1.807) is 24.5 Å². The molecular weight excluding hydrogens is 370 g/mol. The number of piperidine rings is 1. The maximum atomic E-state index is 12.8. The van der Waals surface area contributed by atoms with Crippen LogP contribution in [0.1, 0.15) is 40.7 Å². The maximum absolute atomic E-state index is 12.8. The smallest absolute Gasteiger partial charge is 0.253 e. The van der Waals surface area contributed by atoms with Crippen LogP contribution in [0.15, 0.2) is 89.9 Å². The van der Waals surface area contributed by atoms with Gasteiger partial charge in [0, 0.05) is 55.3 Å². The van der Waals surface area contributed by atoms with Gasteiger partial charge in [-0.2, -0.15) is 0 Å². The Labute approximate surface area is 177 Å². The lowest BCUT2D eigenvalue weighted by molar-refractivity contribution is 0.0743. The topological polar surface area (TPSA) is 45.2 Å². The molecule has 5 rings (SSSR count). The van der Waals surface area contributed by atoms with Gasteiger partial charge in [-0.05, 0) is 41.7 Å². The first kappa shape index (κ1) is 18.6. The van der Waals surface area contributed by atoms with E-state index in [0.717, 1.165) is 38.9 Å². The number of fused-ring (bicyclic) bond motifs is 2. The zero-order valence-electron chi connectivity index (χ0n) is 17.0. The largest absolute Gasteiger partial charge is 0.383 e. The van der Waals surface area contributed by atoms with Crippen molar-refractivity contribution < 1.29 is 4.79 Å². The molecule has 1 N–H and O–H groups in total. The molecule has 1 aromatic heterocycles. The second-order valence-corrected chi connectivity index (χ2v) is 7.90. The molecule has 150 valence electrons. The van der Waals surface area contributed by atoms with Gasteiger partial charge in [-0.25, -0.2) is 0 Å². The summed E-state index contributed by atoms with van der Waals surface area (Å²) in [6.07, 6.45) is 14.8. The molecular formula is C26H25N3O. The fraction of sp³-hybridized carbons (Fsp3) is 0.231. The van der Waals surface area contributed by atoms with E-state index in [-0.39, 0.29) is 5.91 Å². The number of pyridine rings is 1. The lowest BCUT2D eigenvalue weighted by Gasteiger charge is -2.32. The molecule has 0 saturated carbocycles. The van der Waals surface area contributed by atoms with Gasteiger partial charge in [-0.15, -0.1) is 0 Å². The number of rotatable bonds is 1. The summed E-state index contributed by atoms with van der Waals surface area (Å²) >= 11 is 0. The Hall–Kier alpha value is -3.40. The van der Waals surface area contributed by atoms with Gasteiger partial charge < -0.3 is 10.2 Å². The highest BCUT2D eigenvalue weighted by atomic mass is 16.2. The van der Waals surface area contributed by atoms with Gasteiger partial charge in [0.25, 0.3) is 5.91 Å². The summed E-state index contributed by atoms with van der Waals surface area (Å²) in [5, 5.41) is 3.65. The normalized spacial score (nSPS) is 20.5. The monoisotopic (exact) mass is 395 g/mol. The number of hydrogen-bond donors (Lipinski definition) is 1. The molecule has 1 aromatic carbocycles. The molecule has 3 aliphatic rings. The van der Waals surface area contributed by atoms with Crippen molar-refractivity contribution in [2.24, 2.45) is 0 Å². The summed E-state index contributed by atoms with van der Waals surface area (Å²) in [6.45, 7) is 2.38. The second kappa shape index (κ2) is 8.15. The number of hydrogen-bond acceptors (Lipinski definition) is 3. The fourth-order valence-corrected chi connectivity index (χ4v) is 4.57. The molecule has 4 heteroatoms. The van der Waals surface area contributed by atoms with E-state index in [1.165, 1.54) is 33.5 Å². The SMILES string of the molecule is O=C(c1ccncc1)N1CCC(=C2/C=C\C=C/CC3=C2c2ccccc2CN3)CC1. The highest BCUT2D eigenvalue weighted by Crippen LogP contribution is 2.38.